The predicted octanol–water partition coefficient (Wildman–Crippen LogP) is 4.24. The van der Waals surface area contributed by atoms with Gasteiger partial charge in [0.25, 0.3) is 0 Å². The molecule has 2 fully saturated rings. The molecular formula is C39H55N5O6. The van der Waals surface area contributed by atoms with Gasteiger partial charge in [0, 0.05) is 44.2 Å². The summed E-state index contributed by atoms with van der Waals surface area (Å²) in [6, 6.07) is 11.9. The number of fused-ring (bicyclic) bond motifs is 1. The second kappa shape index (κ2) is 17.4. The molecule has 2 aliphatic rings. The van der Waals surface area contributed by atoms with Crippen molar-refractivity contribution in [2.75, 3.05) is 26.3 Å². The Hall–Kier alpha value is -3.80. The first-order valence-electron chi connectivity index (χ1n) is 18.3. The third kappa shape index (κ3) is 10.1. The molecule has 5 rings (SSSR count). The number of aliphatic hydroxyl groups is 2. The van der Waals surface area contributed by atoms with Gasteiger partial charge in [0.05, 0.1) is 43.7 Å². The molecule has 3 unspecified atom stereocenters. The molecule has 0 radical (unpaired) electrons. The van der Waals surface area contributed by atoms with Crippen molar-refractivity contribution < 1.29 is 29.3 Å². The molecule has 0 bridgehead atoms. The number of amides is 3. The highest BCUT2D eigenvalue weighted by molar-refractivity contribution is 5.97. The van der Waals surface area contributed by atoms with Gasteiger partial charge < -0.3 is 35.5 Å². The van der Waals surface area contributed by atoms with E-state index in [1.165, 1.54) is 12.7 Å². The smallest absolute Gasteiger partial charge is 0.243 e. The van der Waals surface area contributed by atoms with E-state index in [0.29, 0.717) is 49.9 Å². The van der Waals surface area contributed by atoms with Gasteiger partial charge in [-0.05, 0) is 34.1 Å². The second-order valence-corrected chi connectivity index (χ2v) is 15.2. The average molecular weight is 690 g/mol. The molecule has 2 aromatic carbocycles. The number of carbonyl (C=O) groups is 3. The van der Waals surface area contributed by atoms with Crippen LogP contribution in [-0.4, -0.2) is 93.4 Å². The highest BCUT2D eigenvalue weighted by Gasteiger charge is 2.35. The van der Waals surface area contributed by atoms with Crippen molar-refractivity contribution in [3.8, 4) is 0 Å². The summed E-state index contributed by atoms with van der Waals surface area (Å²) in [5, 5.41) is 30.3. The molecule has 0 spiro atoms. The van der Waals surface area contributed by atoms with Crippen LogP contribution in [0.3, 0.4) is 0 Å². The summed E-state index contributed by atoms with van der Waals surface area (Å²) in [4.78, 5) is 51.2. The van der Waals surface area contributed by atoms with E-state index in [1.807, 2.05) is 63.2 Å². The molecule has 5 atom stereocenters. The minimum absolute atomic E-state index is 0.0635. The Morgan fingerprint density at radius 2 is 1.70 bits per heavy atom. The molecule has 1 saturated heterocycles. The van der Waals surface area contributed by atoms with Crippen LogP contribution in [0, 0.1) is 11.3 Å². The molecule has 2 heterocycles. The standard InChI is InChI=1S/C39H55N5O6/c1-39(2,3)35(46)23-34(45)32(20-26-10-5-4-6-11-26)42-38(49)33(21-28-24-40-25-41-28)43-37(48)31(22-36(47)44-16-18-50-19-17-44)30-15-9-13-27-12-7-8-14-29(27)30/h7-9,12-15,24-26,31-35,45-46H,4-6,10-11,16-23H2,1-3H3,(H,40,41)(H,42,49)(H,43,48)/t31?,32-,33-,34?,35?/m0/s1. The lowest BCUT2D eigenvalue weighted by Gasteiger charge is -2.34. The van der Waals surface area contributed by atoms with Gasteiger partial charge in [-0.25, -0.2) is 4.98 Å². The normalized spacial score (nSPS) is 18.9. The van der Waals surface area contributed by atoms with E-state index in [4.69, 9.17) is 4.74 Å². The van der Waals surface area contributed by atoms with E-state index in [1.54, 1.807) is 11.1 Å². The average Bonchev–Trinajstić information content (AvgIpc) is 3.63. The van der Waals surface area contributed by atoms with Crippen LogP contribution in [0.2, 0.25) is 0 Å². The maximum absolute atomic E-state index is 14.4. The van der Waals surface area contributed by atoms with Crippen LogP contribution < -0.4 is 10.6 Å². The highest BCUT2D eigenvalue weighted by Crippen LogP contribution is 2.31. The van der Waals surface area contributed by atoms with Crippen LogP contribution >= 0.6 is 0 Å². The van der Waals surface area contributed by atoms with Crippen LogP contribution in [0.25, 0.3) is 10.8 Å². The molecule has 11 heteroatoms. The van der Waals surface area contributed by atoms with Crippen molar-refractivity contribution in [3.63, 3.8) is 0 Å². The summed E-state index contributed by atoms with van der Waals surface area (Å²) < 4.78 is 5.45. The Kier molecular flexibility index (Phi) is 13.0. The molecule has 50 heavy (non-hydrogen) atoms. The van der Waals surface area contributed by atoms with Crippen molar-refractivity contribution in [3.05, 3.63) is 66.2 Å². The zero-order valence-electron chi connectivity index (χ0n) is 29.8. The largest absolute Gasteiger partial charge is 0.392 e. The monoisotopic (exact) mass is 689 g/mol. The van der Waals surface area contributed by atoms with E-state index >= 15 is 0 Å². The van der Waals surface area contributed by atoms with Crippen molar-refractivity contribution in [1.82, 2.24) is 25.5 Å². The minimum atomic E-state index is -1.02. The van der Waals surface area contributed by atoms with Crippen molar-refractivity contribution in [2.45, 2.75) is 109 Å². The van der Waals surface area contributed by atoms with Gasteiger partial charge in [0.1, 0.15) is 6.04 Å². The van der Waals surface area contributed by atoms with E-state index in [9.17, 15) is 24.6 Å². The molecule has 1 saturated carbocycles. The zero-order chi connectivity index (χ0) is 35.7. The lowest BCUT2D eigenvalue weighted by atomic mass is 9.80. The third-order valence-electron chi connectivity index (χ3n) is 10.4. The molecular weight excluding hydrogens is 634 g/mol. The second-order valence-electron chi connectivity index (χ2n) is 15.2. The molecule has 1 aliphatic carbocycles. The van der Waals surface area contributed by atoms with E-state index < -0.39 is 47.4 Å². The quantitative estimate of drug-likeness (QED) is 0.170. The molecule has 11 nitrogen and oxygen atoms in total. The Balaban J connectivity index is 1.41. The SMILES string of the molecule is CC(C)(C)C(O)CC(O)[C@H](CC1CCCCC1)NC(=O)[C@H](Cc1cnc[nH]1)NC(=O)C(CC(=O)N1CCOCC1)c1cccc2ccccc12. The van der Waals surface area contributed by atoms with Crippen molar-refractivity contribution >= 4 is 28.5 Å². The first-order valence-corrected chi connectivity index (χ1v) is 18.3. The number of aromatic nitrogens is 2. The summed E-state index contributed by atoms with van der Waals surface area (Å²) >= 11 is 0. The van der Waals surface area contributed by atoms with Gasteiger partial charge in [-0.2, -0.15) is 0 Å². The predicted molar refractivity (Wildman–Crippen MR) is 192 cm³/mol. The van der Waals surface area contributed by atoms with E-state index in [0.717, 1.165) is 36.5 Å². The maximum atomic E-state index is 14.4. The fraction of sp³-hybridized carbons (Fsp3) is 0.590. The summed E-state index contributed by atoms with van der Waals surface area (Å²) in [7, 11) is 0. The molecule has 5 N–H and O–H groups in total. The third-order valence-corrected chi connectivity index (χ3v) is 10.4. The fourth-order valence-corrected chi connectivity index (χ4v) is 7.24. The van der Waals surface area contributed by atoms with Crippen LogP contribution in [0.5, 0.6) is 0 Å². The number of nitrogens with one attached hydrogen (secondary N) is 3. The van der Waals surface area contributed by atoms with E-state index in [-0.39, 0.29) is 25.2 Å². The minimum Gasteiger partial charge on any atom is -0.392 e. The number of morpholine rings is 1. The first kappa shape index (κ1) is 37.5. The van der Waals surface area contributed by atoms with Crippen molar-refractivity contribution in [1.29, 1.82) is 0 Å². The van der Waals surface area contributed by atoms with Gasteiger partial charge >= 0.3 is 0 Å². The molecule has 3 amide bonds. The number of hydrogen-bond acceptors (Lipinski definition) is 7. The number of imidazole rings is 1. The summed E-state index contributed by atoms with van der Waals surface area (Å²) in [5.74, 6) is -1.54. The van der Waals surface area contributed by atoms with Gasteiger partial charge in [-0.1, -0.05) is 95.3 Å². The lowest BCUT2D eigenvalue weighted by molar-refractivity contribution is -0.138. The Labute approximate surface area is 295 Å². The first-order chi connectivity index (χ1) is 24.0. The number of benzene rings is 2. The van der Waals surface area contributed by atoms with Crippen molar-refractivity contribution in [2.24, 2.45) is 11.3 Å². The number of H-pyrrole nitrogens is 1. The summed E-state index contributed by atoms with van der Waals surface area (Å²) in [6.45, 7) is 7.58. The number of aliphatic hydroxyl groups excluding tert-OH is 2. The molecule has 1 aliphatic heterocycles. The molecule has 1 aromatic heterocycles. The van der Waals surface area contributed by atoms with Crippen LogP contribution in [0.1, 0.15) is 89.3 Å². The highest BCUT2D eigenvalue weighted by atomic mass is 16.5. The zero-order valence-corrected chi connectivity index (χ0v) is 29.8. The molecule has 272 valence electrons. The van der Waals surface area contributed by atoms with Gasteiger partial charge in [-0.3, -0.25) is 14.4 Å². The van der Waals surface area contributed by atoms with Crippen LogP contribution in [0.15, 0.2) is 55.0 Å². The van der Waals surface area contributed by atoms with E-state index in [2.05, 4.69) is 20.6 Å². The number of aromatic amines is 1. The lowest BCUT2D eigenvalue weighted by Crippen LogP contribution is -2.55. The Morgan fingerprint density at radius 1 is 0.980 bits per heavy atom. The number of carbonyl (C=O) groups excluding carboxylic acids is 3. The molecule has 3 aromatic rings. The summed E-state index contributed by atoms with van der Waals surface area (Å²) in [6.07, 6.45) is 7.63. The number of hydrogen-bond donors (Lipinski definition) is 5. The fourth-order valence-electron chi connectivity index (χ4n) is 7.24. The maximum Gasteiger partial charge on any atom is 0.243 e. The number of rotatable bonds is 14. The Bertz CT molecular complexity index is 1540. The van der Waals surface area contributed by atoms with Crippen LogP contribution in [0.4, 0.5) is 0 Å². The number of nitrogens with zero attached hydrogens (tertiary/aromatic N) is 2. The topological polar surface area (TPSA) is 157 Å². The summed E-state index contributed by atoms with van der Waals surface area (Å²) in [5.41, 5.74) is 0.932. The Morgan fingerprint density at radius 3 is 2.40 bits per heavy atom. The van der Waals surface area contributed by atoms with Gasteiger partial charge in [-0.15, -0.1) is 0 Å². The van der Waals surface area contributed by atoms with Gasteiger partial charge in [0.15, 0.2) is 0 Å². The van der Waals surface area contributed by atoms with Gasteiger partial charge in [0.2, 0.25) is 17.7 Å². The number of ether oxygens (including phenoxy) is 1. The van der Waals surface area contributed by atoms with Crippen LogP contribution in [-0.2, 0) is 25.5 Å².